The van der Waals surface area contributed by atoms with Gasteiger partial charge in [0.25, 0.3) is 5.91 Å². The number of likely N-dealkylation sites (tertiary alicyclic amines) is 1. The Morgan fingerprint density at radius 2 is 1.89 bits per heavy atom. The highest BCUT2D eigenvalue weighted by atomic mass is 35.5. The molecule has 2 aliphatic heterocycles. The van der Waals surface area contributed by atoms with Crippen LogP contribution in [0.15, 0.2) is 30.5 Å². The van der Waals surface area contributed by atoms with Crippen molar-refractivity contribution in [2.75, 3.05) is 39.3 Å². The summed E-state index contributed by atoms with van der Waals surface area (Å²) in [5.74, 6) is 1.01. The second-order valence-electron chi connectivity index (χ2n) is 7.29. The summed E-state index contributed by atoms with van der Waals surface area (Å²) in [5.41, 5.74) is 2.81. The van der Waals surface area contributed by atoms with E-state index < -0.39 is 0 Å². The van der Waals surface area contributed by atoms with Crippen LogP contribution in [0, 0.1) is 13.8 Å². The quantitative estimate of drug-likeness (QED) is 0.820. The van der Waals surface area contributed by atoms with E-state index in [1.807, 2.05) is 43.0 Å². The van der Waals surface area contributed by atoms with E-state index in [1.165, 1.54) is 0 Å². The minimum atomic E-state index is 0. The maximum atomic E-state index is 13.2. The predicted octanol–water partition coefficient (Wildman–Crippen LogP) is 2.45. The standard InChI is InChI=1S/C20H27N5O.2ClH/c1-15-13-18(16(2)25(15)19-5-3-4-7-22-19)20(26)24-10-6-17(14-24)23-11-8-21-9-12-23;;/h3-5,7,13,17,21H,6,8-12,14H2,1-2H3;2*1H. The first-order valence-electron chi connectivity index (χ1n) is 9.49. The minimum absolute atomic E-state index is 0. The summed E-state index contributed by atoms with van der Waals surface area (Å²) >= 11 is 0. The topological polar surface area (TPSA) is 53.4 Å². The molecule has 8 heteroatoms. The van der Waals surface area contributed by atoms with Crippen molar-refractivity contribution in [1.29, 1.82) is 0 Å². The molecule has 2 aliphatic rings. The van der Waals surface area contributed by atoms with Gasteiger partial charge >= 0.3 is 0 Å². The third-order valence-electron chi connectivity index (χ3n) is 5.66. The molecule has 154 valence electrons. The molecule has 2 aromatic heterocycles. The number of piperazine rings is 1. The zero-order valence-electron chi connectivity index (χ0n) is 16.4. The largest absolute Gasteiger partial charge is 0.337 e. The predicted molar refractivity (Wildman–Crippen MR) is 116 cm³/mol. The molecule has 0 saturated carbocycles. The van der Waals surface area contributed by atoms with Gasteiger partial charge in [0.2, 0.25) is 0 Å². The second kappa shape index (κ2) is 9.74. The summed E-state index contributed by atoms with van der Waals surface area (Å²) < 4.78 is 2.07. The van der Waals surface area contributed by atoms with Crippen LogP contribution >= 0.6 is 24.8 Å². The highest BCUT2D eigenvalue weighted by Gasteiger charge is 2.32. The van der Waals surface area contributed by atoms with Gasteiger partial charge in [0.05, 0.1) is 5.56 Å². The maximum Gasteiger partial charge on any atom is 0.255 e. The van der Waals surface area contributed by atoms with Crippen LogP contribution in [0.1, 0.15) is 28.2 Å². The average Bonchev–Trinajstić information content (AvgIpc) is 3.28. The molecule has 28 heavy (non-hydrogen) atoms. The Morgan fingerprint density at radius 1 is 1.14 bits per heavy atom. The van der Waals surface area contributed by atoms with E-state index in [2.05, 4.69) is 19.8 Å². The Morgan fingerprint density at radius 3 is 2.57 bits per heavy atom. The number of pyridine rings is 1. The smallest absolute Gasteiger partial charge is 0.255 e. The number of halogens is 2. The van der Waals surface area contributed by atoms with E-state index in [4.69, 9.17) is 0 Å². The Hall–Kier alpha value is -1.60. The lowest BCUT2D eigenvalue weighted by atomic mass is 10.2. The molecule has 1 atom stereocenters. The van der Waals surface area contributed by atoms with E-state index in [0.717, 1.165) is 68.5 Å². The van der Waals surface area contributed by atoms with Crippen LogP contribution in [-0.2, 0) is 0 Å². The average molecular weight is 426 g/mol. The third-order valence-corrected chi connectivity index (χ3v) is 5.66. The van der Waals surface area contributed by atoms with E-state index in [9.17, 15) is 4.79 Å². The van der Waals surface area contributed by atoms with E-state index >= 15 is 0 Å². The Labute approximate surface area is 179 Å². The summed E-state index contributed by atoms with van der Waals surface area (Å²) in [7, 11) is 0. The fourth-order valence-electron chi connectivity index (χ4n) is 4.26. The van der Waals surface area contributed by atoms with Gasteiger partial charge in [-0.3, -0.25) is 9.69 Å². The third kappa shape index (κ3) is 4.35. The lowest BCUT2D eigenvalue weighted by molar-refractivity contribution is 0.0773. The maximum absolute atomic E-state index is 13.2. The van der Waals surface area contributed by atoms with Crippen molar-refractivity contribution in [2.24, 2.45) is 0 Å². The fourth-order valence-corrected chi connectivity index (χ4v) is 4.26. The number of amides is 1. The zero-order chi connectivity index (χ0) is 18.1. The van der Waals surface area contributed by atoms with Crippen molar-refractivity contribution in [3.8, 4) is 5.82 Å². The van der Waals surface area contributed by atoms with Gasteiger partial charge in [-0.25, -0.2) is 4.98 Å². The molecule has 1 N–H and O–H groups in total. The molecule has 2 aromatic rings. The fraction of sp³-hybridized carbons (Fsp3) is 0.500. The van der Waals surface area contributed by atoms with Gasteiger partial charge in [-0.1, -0.05) is 6.07 Å². The Bertz CT molecular complexity index is 789. The highest BCUT2D eigenvalue weighted by Crippen LogP contribution is 2.24. The molecule has 1 unspecified atom stereocenters. The molecule has 1 amide bonds. The van der Waals surface area contributed by atoms with Crippen LogP contribution in [0.5, 0.6) is 0 Å². The molecular formula is C20H29Cl2N5O. The normalized spacial score (nSPS) is 19.8. The van der Waals surface area contributed by atoms with Crippen LogP contribution in [0.4, 0.5) is 0 Å². The van der Waals surface area contributed by atoms with Crippen molar-refractivity contribution in [3.63, 3.8) is 0 Å². The summed E-state index contributed by atoms with van der Waals surface area (Å²) in [6.07, 6.45) is 2.86. The van der Waals surface area contributed by atoms with E-state index in [-0.39, 0.29) is 30.7 Å². The van der Waals surface area contributed by atoms with Gasteiger partial charge in [-0.05, 0) is 38.5 Å². The first-order valence-corrected chi connectivity index (χ1v) is 9.49. The first kappa shape index (κ1) is 22.7. The van der Waals surface area contributed by atoms with E-state index in [0.29, 0.717) is 6.04 Å². The number of carbonyl (C=O) groups is 1. The van der Waals surface area contributed by atoms with Crippen molar-refractivity contribution < 1.29 is 4.79 Å². The molecule has 2 saturated heterocycles. The molecule has 4 rings (SSSR count). The van der Waals surface area contributed by atoms with Gasteiger partial charge in [0.15, 0.2) is 0 Å². The zero-order valence-corrected chi connectivity index (χ0v) is 18.1. The van der Waals surface area contributed by atoms with Crippen molar-refractivity contribution in [2.45, 2.75) is 26.3 Å². The second-order valence-corrected chi connectivity index (χ2v) is 7.29. The minimum Gasteiger partial charge on any atom is -0.337 e. The van der Waals surface area contributed by atoms with Gasteiger partial charge < -0.3 is 14.8 Å². The van der Waals surface area contributed by atoms with Crippen molar-refractivity contribution >= 4 is 30.7 Å². The molecule has 2 fully saturated rings. The number of hydrogen-bond acceptors (Lipinski definition) is 4. The lowest BCUT2D eigenvalue weighted by Gasteiger charge is -2.32. The monoisotopic (exact) mass is 425 g/mol. The molecule has 0 bridgehead atoms. The van der Waals surface area contributed by atoms with Crippen molar-refractivity contribution in [3.05, 3.63) is 47.4 Å². The summed E-state index contributed by atoms with van der Waals surface area (Å²) in [6.45, 7) is 10.0. The number of carbonyl (C=O) groups excluding carboxylic acids is 1. The number of aryl methyl sites for hydroxylation is 1. The lowest BCUT2D eigenvalue weighted by Crippen LogP contribution is -2.49. The van der Waals surface area contributed by atoms with Gasteiger partial charge in [0, 0.05) is 62.9 Å². The molecule has 0 aliphatic carbocycles. The van der Waals surface area contributed by atoms with Crippen LogP contribution in [0.25, 0.3) is 5.82 Å². The summed E-state index contributed by atoms with van der Waals surface area (Å²) in [5, 5.41) is 3.40. The molecule has 6 nitrogen and oxygen atoms in total. The molecule has 0 spiro atoms. The molecular weight excluding hydrogens is 397 g/mol. The van der Waals surface area contributed by atoms with Gasteiger partial charge in [0.1, 0.15) is 5.82 Å². The first-order chi connectivity index (χ1) is 12.6. The van der Waals surface area contributed by atoms with Gasteiger partial charge in [-0.2, -0.15) is 0 Å². The summed E-state index contributed by atoms with van der Waals surface area (Å²) in [4.78, 5) is 22.1. The summed E-state index contributed by atoms with van der Waals surface area (Å²) in [6, 6.07) is 8.36. The van der Waals surface area contributed by atoms with Crippen LogP contribution < -0.4 is 5.32 Å². The number of hydrogen-bond donors (Lipinski definition) is 1. The highest BCUT2D eigenvalue weighted by molar-refractivity contribution is 5.96. The van der Waals surface area contributed by atoms with Crippen LogP contribution in [0.2, 0.25) is 0 Å². The number of nitrogens with zero attached hydrogens (tertiary/aromatic N) is 4. The Balaban J connectivity index is 0.00000140. The van der Waals surface area contributed by atoms with Crippen LogP contribution in [0.3, 0.4) is 0 Å². The van der Waals surface area contributed by atoms with Crippen molar-refractivity contribution in [1.82, 2.24) is 24.7 Å². The molecule has 0 aromatic carbocycles. The van der Waals surface area contributed by atoms with Crippen LogP contribution in [-0.4, -0.2) is 70.6 Å². The van der Waals surface area contributed by atoms with E-state index in [1.54, 1.807) is 6.20 Å². The number of aromatic nitrogens is 2. The number of rotatable bonds is 3. The molecule has 0 radical (unpaired) electrons. The number of nitrogens with one attached hydrogen (secondary N) is 1. The SMILES string of the molecule is Cc1cc(C(=O)N2CCC(N3CCNCC3)C2)c(C)n1-c1ccccn1.Cl.Cl. The Kier molecular flexibility index (Phi) is 7.89. The molecule has 4 heterocycles. The van der Waals surface area contributed by atoms with Gasteiger partial charge in [-0.15, -0.1) is 24.8 Å².